The van der Waals surface area contributed by atoms with E-state index in [-0.39, 0.29) is 17.9 Å². The smallest absolute Gasteiger partial charge is 0.259 e. The number of ether oxygens (including phenoxy) is 1. The Morgan fingerprint density at radius 1 is 1.16 bits per heavy atom. The second-order valence-corrected chi connectivity index (χ2v) is 8.88. The van der Waals surface area contributed by atoms with E-state index in [0.717, 1.165) is 36.4 Å². The van der Waals surface area contributed by atoms with Crippen molar-refractivity contribution in [3.8, 4) is 16.9 Å². The fourth-order valence-corrected chi connectivity index (χ4v) is 4.76. The van der Waals surface area contributed by atoms with Crippen LogP contribution in [0.1, 0.15) is 52.7 Å². The molecule has 4 rings (SSSR count). The third kappa shape index (κ3) is 4.84. The van der Waals surface area contributed by atoms with E-state index >= 15 is 0 Å². The van der Waals surface area contributed by atoms with Gasteiger partial charge >= 0.3 is 0 Å². The van der Waals surface area contributed by atoms with Gasteiger partial charge in [-0.2, -0.15) is 0 Å². The van der Waals surface area contributed by atoms with Gasteiger partial charge in [0.2, 0.25) is 5.13 Å². The van der Waals surface area contributed by atoms with Crippen LogP contribution in [-0.4, -0.2) is 44.4 Å². The van der Waals surface area contributed by atoms with Crippen molar-refractivity contribution in [2.75, 3.05) is 12.4 Å². The fraction of sp³-hybridized carbons (Fsp3) is 0.381. The minimum absolute atomic E-state index is 0.227. The molecule has 3 aromatic heterocycles. The summed E-state index contributed by atoms with van der Waals surface area (Å²) >= 11 is 7.46. The number of carbonyl (C=O) groups is 1. The van der Waals surface area contributed by atoms with Crippen molar-refractivity contribution < 1.29 is 14.6 Å². The van der Waals surface area contributed by atoms with E-state index in [4.69, 9.17) is 16.3 Å². The molecule has 0 aliphatic heterocycles. The molecule has 1 fully saturated rings. The second-order valence-electron chi connectivity index (χ2n) is 7.48. The van der Waals surface area contributed by atoms with Crippen LogP contribution in [0.5, 0.6) is 5.75 Å². The van der Waals surface area contributed by atoms with E-state index in [2.05, 4.69) is 25.5 Å². The van der Waals surface area contributed by atoms with E-state index in [0.29, 0.717) is 32.7 Å². The third-order valence-electron chi connectivity index (χ3n) is 5.34. The lowest BCUT2D eigenvalue weighted by atomic mass is 9.88. The predicted octanol–water partition coefficient (Wildman–Crippen LogP) is 4.24. The monoisotopic (exact) mass is 459 g/mol. The van der Waals surface area contributed by atoms with Gasteiger partial charge in [-0.05, 0) is 44.7 Å². The highest BCUT2D eigenvalue weighted by molar-refractivity contribution is 7.15. The Morgan fingerprint density at radius 2 is 1.94 bits per heavy atom. The van der Waals surface area contributed by atoms with Crippen LogP contribution in [0.4, 0.5) is 5.13 Å². The quantitative estimate of drug-likeness (QED) is 0.549. The van der Waals surface area contributed by atoms with Crippen LogP contribution in [-0.2, 0) is 0 Å². The number of rotatable bonds is 5. The molecule has 3 aromatic rings. The summed E-state index contributed by atoms with van der Waals surface area (Å²) in [6.07, 6.45) is 6.10. The van der Waals surface area contributed by atoms with Gasteiger partial charge in [0.15, 0.2) is 0 Å². The van der Waals surface area contributed by atoms with Gasteiger partial charge in [0.05, 0.1) is 25.0 Å². The van der Waals surface area contributed by atoms with Crippen molar-refractivity contribution in [2.45, 2.75) is 44.6 Å². The fourth-order valence-electron chi connectivity index (χ4n) is 3.69. The zero-order valence-electron chi connectivity index (χ0n) is 17.1. The van der Waals surface area contributed by atoms with Gasteiger partial charge < -0.3 is 9.84 Å². The molecule has 1 aliphatic rings. The molecule has 0 bridgehead atoms. The molecule has 0 spiro atoms. The van der Waals surface area contributed by atoms with Crippen molar-refractivity contribution >= 4 is 34.0 Å². The summed E-state index contributed by atoms with van der Waals surface area (Å²) in [4.78, 5) is 21.4. The van der Waals surface area contributed by atoms with Crippen LogP contribution < -0.4 is 10.1 Å². The van der Waals surface area contributed by atoms with Gasteiger partial charge in [0.1, 0.15) is 15.9 Å². The number of aliphatic hydroxyl groups excluding tert-OH is 1. The molecule has 0 unspecified atom stereocenters. The molecule has 8 nitrogen and oxygen atoms in total. The number of aliphatic hydroxyl groups is 1. The number of aromatic nitrogens is 4. The molecule has 10 heteroatoms. The molecule has 0 atom stereocenters. The van der Waals surface area contributed by atoms with E-state index in [9.17, 15) is 9.90 Å². The van der Waals surface area contributed by atoms with Crippen LogP contribution >= 0.6 is 22.9 Å². The lowest BCUT2D eigenvalue weighted by molar-refractivity contribution is 0.102. The summed E-state index contributed by atoms with van der Waals surface area (Å²) in [6.45, 7) is 1.85. The van der Waals surface area contributed by atoms with Crippen LogP contribution in [0.25, 0.3) is 11.1 Å². The summed E-state index contributed by atoms with van der Waals surface area (Å²) in [5, 5.41) is 22.5. The summed E-state index contributed by atoms with van der Waals surface area (Å²) < 4.78 is 5.41. The Kier molecular flexibility index (Phi) is 6.45. The van der Waals surface area contributed by atoms with Crippen LogP contribution in [0.15, 0.2) is 24.5 Å². The molecule has 0 saturated heterocycles. The average Bonchev–Trinajstić information content (AvgIpc) is 3.22. The first kappa shape index (κ1) is 21.6. The van der Waals surface area contributed by atoms with Gasteiger partial charge in [-0.15, -0.1) is 10.2 Å². The molecule has 3 heterocycles. The highest BCUT2D eigenvalue weighted by Gasteiger charge is 2.25. The molecule has 0 aromatic carbocycles. The highest BCUT2D eigenvalue weighted by Crippen LogP contribution is 2.36. The molecule has 1 amide bonds. The number of pyridine rings is 2. The van der Waals surface area contributed by atoms with Gasteiger partial charge in [-0.1, -0.05) is 22.9 Å². The standard InChI is InChI=1S/C21H22ClN5O3S/c1-11-7-14(15-8-18(22)24-10-17(15)30-2)16(9-23-11)19(29)25-21-27-26-20(31-21)12-3-5-13(28)6-4-12/h7-10,12-13,28H,3-6H2,1-2H3,(H,25,27,29)/t12-,13+. The lowest BCUT2D eigenvalue weighted by Crippen LogP contribution is -2.16. The minimum Gasteiger partial charge on any atom is -0.494 e. The lowest BCUT2D eigenvalue weighted by Gasteiger charge is -2.22. The van der Waals surface area contributed by atoms with Crippen molar-refractivity contribution in [1.82, 2.24) is 20.2 Å². The number of carbonyl (C=O) groups excluding carboxylic acids is 1. The zero-order valence-corrected chi connectivity index (χ0v) is 18.7. The first-order chi connectivity index (χ1) is 14.9. The number of amides is 1. The predicted molar refractivity (Wildman–Crippen MR) is 119 cm³/mol. The molecule has 2 N–H and O–H groups in total. The van der Waals surface area contributed by atoms with Gasteiger partial charge in [-0.3, -0.25) is 15.1 Å². The number of nitrogens with one attached hydrogen (secondary N) is 1. The molecule has 0 radical (unpaired) electrons. The van der Waals surface area contributed by atoms with Crippen LogP contribution in [0, 0.1) is 6.92 Å². The number of nitrogens with zero attached hydrogens (tertiary/aromatic N) is 4. The summed E-state index contributed by atoms with van der Waals surface area (Å²) in [7, 11) is 1.54. The zero-order chi connectivity index (χ0) is 22.0. The largest absolute Gasteiger partial charge is 0.494 e. The molecule has 162 valence electrons. The van der Waals surface area contributed by atoms with Crippen molar-refractivity contribution in [3.63, 3.8) is 0 Å². The summed E-state index contributed by atoms with van der Waals surface area (Å²) in [5.41, 5.74) is 2.40. The Bertz CT molecular complexity index is 1100. The highest BCUT2D eigenvalue weighted by atomic mass is 35.5. The molecule has 1 saturated carbocycles. The number of hydrogen-bond donors (Lipinski definition) is 2. The Morgan fingerprint density at radius 3 is 2.68 bits per heavy atom. The summed E-state index contributed by atoms with van der Waals surface area (Å²) in [6, 6.07) is 3.47. The number of methoxy groups -OCH3 is 1. The third-order valence-corrected chi connectivity index (χ3v) is 6.54. The molecular formula is C21H22ClN5O3S. The Labute approximate surface area is 188 Å². The molecule has 31 heavy (non-hydrogen) atoms. The number of hydrogen-bond acceptors (Lipinski definition) is 8. The SMILES string of the molecule is COc1cnc(Cl)cc1-c1cc(C)ncc1C(=O)Nc1nnc([C@H]2CC[C@@H](O)CC2)s1. The molecule has 1 aliphatic carbocycles. The minimum atomic E-state index is -0.348. The number of halogens is 1. The maximum atomic E-state index is 13.1. The average molecular weight is 460 g/mol. The number of aryl methyl sites for hydroxylation is 1. The van der Waals surface area contributed by atoms with E-state index in [1.807, 2.05) is 13.0 Å². The number of anilines is 1. The topological polar surface area (TPSA) is 110 Å². The first-order valence-electron chi connectivity index (χ1n) is 9.94. The van der Waals surface area contributed by atoms with Gasteiger partial charge in [0.25, 0.3) is 5.91 Å². The molecular weight excluding hydrogens is 438 g/mol. The van der Waals surface area contributed by atoms with Crippen molar-refractivity contribution in [3.05, 3.63) is 45.9 Å². The van der Waals surface area contributed by atoms with E-state index in [1.165, 1.54) is 30.8 Å². The van der Waals surface area contributed by atoms with Crippen LogP contribution in [0.3, 0.4) is 0 Å². The van der Waals surface area contributed by atoms with E-state index < -0.39 is 0 Å². The van der Waals surface area contributed by atoms with Crippen molar-refractivity contribution in [1.29, 1.82) is 0 Å². The Balaban J connectivity index is 1.60. The van der Waals surface area contributed by atoms with Gasteiger partial charge in [0, 0.05) is 28.9 Å². The Hall–Kier alpha value is -2.62. The maximum absolute atomic E-state index is 13.1. The normalized spacial score (nSPS) is 18.6. The van der Waals surface area contributed by atoms with Gasteiger partial charge in [-0.25, -0.2) is 4.98 Å². The van der Waals surface area contributed by atoms with Crippen LogP contribution in [0.2, 0.25) is 5.15 Å². The summed E-state index contributed by atoms with van der Waals surface area (Å²) in [5.74, 6) is 0.423. The second kappa shape index (κ2) is 9.25. The van der Waals surface area contributed by atoms with E-state index in [1.54, 1.807) is 6.07 Å². The van der Waals surface area contributed by atoms with Crippen molar-refractivity contribution in [2.24, 2.45) is 0 Å². The maximum Gasteiger partial charge on any atom is 0.259 e. The first-order valence-corrected chi connectivity index (χ1v) is 11.1.